The Labute approximate surface area is 192 Å². The number of rotatable bonds is 6. The molecule has 0 bridgehead atoms. The molecule has 168 valence electrons. The zero-order chi connectivity index (χ0) is 22.1. The van der Waals surface area contributed by atoms with Gasteiger partial charge in [0, 0.05) is 24.8 Å². The molecule has 1 fully saturated rings. The minimum atomic E-state index is -0.280. The van der Waals surface area contributed by atoms with E-state index in [1.165, 1.54) is 23.7 Å². The van der Waals surface area contributed by atoms with Gasteiger partial charge < -0.3 is 14.2 Å². The second kappa shape index (κ2) is 9.02. The van der Waals surface area contributed by atoms with Crippen LogP contribution in [0, 0.1) is 0 Å². The van der Waals surface area contributed by atoms with Crippen LogP contribution in [0.25, 0.3) is 0 Å². The predicted molar refractivity (Wildman–Crippen MR) is 126 cm³/mol. The smallest absolute Gasteiger partial charge is 0.240 e. The highest BCUT2D eigenvalue weighted by molar-refractivity contribution is 8.00. The Kier molecular flexibility index (Phi) is 5.95. The summed E-state index contributed by atoms with van der Waals surface area (Å²) in [4.78, 5) is 17.7. The fourth-order valence-electron chi connectivity index (χ4n) is 4.70. The van der Waals surface area contributed by atoms with E-state index in [1.807, 2.05) is 42.2 Å². The minimum Gasteiger partial charge on any atom is -0.467 e. The van der Waals surface area contributed by atoms with Gasteiger partial charge in [0.05, 0.1) is 18.1 Å². The number of piperidine rings is 1. The van der Waals surface area contributed by atoms with Crippen molar-refractivity contribution in [2.24, 2.45) is 0 Å². The fraction of sp³-hybridized carbons (Fsp3) is 0.458. The molecule has 5 rings (SSSR count). The maximum Gasteiger partial charge on any atom is 0.240 e. The number of carbonyl (C=O) groups excluding carboxylic acids is 1. The molecule has 0 radical (unpaired) electrons. The molecule has 0 unspecified atom stereocenters. The Bertz CT molecular complexity index is 1070. The van der Waals surface area contributed by atoms with Crippen LogP contribution in [0.3, 0.4) is 0 Å². The lowest BCUT2D eigenvalue weighted by molar-refractivity contribution is -0.118. The van der Waals surface area contributed by atoms with E-state index in [0.29, 0.717) is 6.54 Å². The van der Waals surface area contributed by atoms with Gasteiger partial charge in [-0.2, -0.15) is 0 Å². The summed E-state index contributed by atoms with van der Waals surface area (Å²) in [5.74, 6) is 1.83. The second-order valence-corrected chi connectivity index (χ2v) is 9.95. The average Bonchev–Trinajstić information content (AvgIpc) is 3.53. The molecule has 7 nitrogen and oxygen atoms in total. The van der Waals surface area contributed by atoms with Crippen molar-refractivity contribution in [3.05, 3.63) is 54.0 Å². The number of nitrogens with zero attached hydrogens (tertiary/aromatic N) is 5. The molecule has 8 heteroatoms. The van der Waals surface area contributed by atoms with Crippen molar-refractivity contribution >= 4 is 29.3 Å². The molecule has 2 aliphatic heterocycles. The summed E-state index contributed by atoms with van der Waals surface area (Å²) in [5.41, 5.74) is 2.27. The van der Waals surface area contributed by atoms with Gasteiger partial charge in [-0.1, -0.05) is 30.0 Å². The van der Waals surface area contributed by atoms with E-state index < -0.39 is 0 Å². The number of furan rings is 1. The fourth-order valence-corrected chi connectivity index (χ4v) is 5.59. The maximum absolute atomic E-state index is 13.5. The van der Waals surface area contributed by atoms with E-state index in [4.69, 9.17) is 4.42 Å². The first-order valence-corrected chi connectivity index (χ1v) is 12.3. The van der Waals surface area contributed by atoms with Crippen LogP contribution in [0.1, 0.15) is 44.4 Å². The summed E-state index contributed by atoms with van der Waals surface area (Å²) in [7, 11) is 0. The van der Waals surface area contributed by atoms with Gasteiger partial charge in [0.25, 0.3) is 0 Å². The Hall–Kier alpha value is -2.74. The first-order valence-electron chi connectivity index (χ1n) is 11.4. The highest BCUT2D eigenvalue weighted by Crippen LogP contribution is 2.35. The molecule has 0 saturated carbocycles. The minimum absolute atomic E-state index is 0.111. The van der Waals surface area contributed by atoms with Crippen molar-refractivity contribution in [3.63, 3.8) is 0 Å². The number of anilines is 2. The largest absolute Gasteiger partial charge is 0.467 e. The first-order chi connectivity index (χ1) is 15.6. The Morgan fingerprint density at radius 3 is 2.75 bits per heavy atom. The van der Waals surface area contributed by atoms with E-state index in [0.717, 1.165) is 54.9 Å². The topological polar surface area (TPSA) is 67.4 Å². The number of hydrogen-bond acceptors (Lipinski definition) is 6. The first kappa shape index (κ1) is 21.1. The van der Waals surface area contributed by atoms with Gasteiger partial charge in [-0.05, 0) is 63.3 Å². The standard InChI is InChI=1S/C24H29N5O2S/c1-17-15-19-9-4-5-11-21(19)29(17)22(30)18(2)32-24-26-25-23(27-12-6-3-7-13-27)28(24)16-20-10-8-14-31-20/h4-5,8-11,14,17-18H,3,6-7,12-13,15-16H2,1-2H3/t17-,18-/m1/s1. The van der Waals surface area contributed by atoms with Gasteiger partial charge in [-0.15, -0.1) is 10.2 Å². The quantitative estimate of drug-likeness (QED) is 0.519. The molecular formula is C24H29N5O2S. The maximum atomic E-state index is 13.5. The lowest BCUT2D eigenvalue weighted by Gasteiger charge is -2.28. The third-order valence-electron chi connectivity index (χ3n) is 6.30. The average molecular weight is 452 g/mol. The lowest BCUT2D eigenvalue weighted by Crippen LogP contribution is -2.40. The van der Waals surface area contributed by atoms with Crippen molar-refractivity contribution < 1.29 is 9.21 Å². The molecule has 2 aromatic heterocycles. The third kappa shape index (κ3) is 4.03. The van der Waals surface area contributed by atoms with Gasteiger partial charge in [-0.25, -0.2) is 0 Å². The van der Waals surface area contributed by atoms with Gasteiger partial charge in [0.1, 0.15) is 5.76 Å². The summed E-state index contributed by atoms with van der Waals surface area (Å²) in [6, 6.07) is 12.2. The molecule has 2 aliphatic rings. The molecule has 1 saturated heterocycles. The summed E-state index contributed by atoms with van der Waals surface area (Å²) in [6.07, 6.45) is 6.17. The van der Waals surface area contributed by atoms with Crippen molar-refractivity contribution in [3.8, 4) is 0 Å². The van der Waals surface area contributed by atoms with Crippen molar-refractivity contribution in [2.45, 2.75) is 62.5 Å². The number of fused-ring (bicyclic) bond motifs is 1. The zero-order valence-electron chi connectivity index (χ0n) is 18.6. The Morgan fingerprint density at radius 1 is 1.16 bits per heavy atom. The van der Waals surface area contributed by atoms with Crippen LogP contribution in [0.15, 0.2) is 52.2 Å². The number of benzene rings is 1. The molecule has 0 spiro atoms. The molecule has 0 N–H and O–H groups in total. The van der Waals surface area contributed by atoms with Crippen molar-refractivity contribution in [1.29, 1.82) is 0 Å². The Morgan fingerprint density at radius 2 is 1.97 bits per heavy atom. The number of para-hydroxylation sites is 1. The highest BCUT2D eigenvalue weighted by Gasteiger charge is 2.34. The summed E-state index contributed by atoms with van der Waals surface area (Å²) in [6.45, 7) is 6.60. The van der Waals surface area contributed by atoms with Crippen molar-refractivity contribution in [1.82, 2.24) is 14.8 Å². The monoisotopic (exact) mass is 451 g/mol. The third-order valence-corrected chi connectivity index (χ3v) is 7.37. The van der Waals surface area contributed by atoms with Crippen LogP contribution in [0.2, 0.25) is 0 Å². The lowest BCUT2D eigenvalue weighted by atomic mass is 10.1. The van der Waals surface area contributed by atoms with Crippen LogP contribution in [0.4, 0.5) is 11.6 Å². The normalized spacial score (nSPS) is 19.2. The summed E-state index contributed by atoms with van der Waals surface area (Å²) in [5, 5.41) is 9.51. The van der Waals surface area contributed by atoms with Crippen molar-refractivity contribution in [2.75, 3.05) is 22.9 Å². The molecule has 32 heavy (non-hydrogen) atoms. The van der Waals surface area contributed by atoms with Gasteiger partial charge in [-0.3, -0.25) is 9.36 Å². The molecule has 2 atom stereocenters. The number of amides is 1. The number of aromatic nitrogens is 3. The molecule has 1 amide bonds. The zero-order valence-corrected chi connectivity index (χ0v) is 19.4. The van der Waals surface area contributed by atoms with Crippen LogP contribution in [0.5, 0.6) is 0 Å². The summed E-state index contributed by atoms with van der Waals surface area (Å²) < 4.78 is 7.71. The van der Waals surface area contributed by atoms with Gasteiger partial charge in [0.15, 0.2) is 5.16 Å². The van der Waals surface area contributed by atoms with E-state index in [-0.39, 0.29) is 17.2 Å². The SMILES string of the molecule is C[C@@H]1Cc2ccccc2N1C(=O)[C@@H](C)Sc1nnc(N2CCCCC2)n1Cc1ccco1. The number of thioether (sulfide) groups is 1. The number of carbonyl (C=O) groups is 1. The number of hydrogen-bond donors (Lipinski definition) is 0. The summed E-state index contributed by atoms with van der Waals surface area (Å²) >= 11 is 1.48. The Balaban J connectivity index is 1.39. The van der Waals surface area contributed by atoms with Crippen LogP contribution in [-0.4, -0.2) is 45.1 Å². The van der Waals surface area contributed by atoms with Crippen LogP contribution < -0.4 is 9.80 Å². The second-order valence-electron chi connectivity index (χ2n) is 8.65. The molecule has 0 aliphatic carbocycles. The van der Waals surface area contributed by atoms with Crippen LogP contribution in [-0.2, 0) is 17.8 Å². The van der Waals surface area contributed by atoms with E-state index in [1.54, 1.807) is 6.26 Å². The van der Waals surface area contributed by atoms with Crippen LogP contribution >= 0.6 is 11.8 Å². The molecular weight excluding hydrogens is 422 g/mol. The van der Waals surface area contributed by atoms with E-state index in [9.17, 15) is 4.79 Å². The van der Waals surface area contributed by atoms with Gasteiger partial charge in [0.2, 0.25) is 11.9 Å². The predicted octanol–water partition coefficient (Wildman–Crippen LogP) is 4.37. The molecule has 3 aromatic rings. The van der Waals surface area contributed by atoms with E-state index >= 15 is 0 Å². The van der Waals surface area contributed by atoms with Gasteiger partial charge >= 0.3 is 0 Å². The molecule has 1 aromatic carbocycles. The van der Waals surface area contributed by atoms with E-state index in [2.05, 4.69) is 32.7 Å². The highest BCUT2D eigenvalue weighted by atomic mass is 32.2. The molecule has 4 heterocycles.